The number of aliphatic hydroxyl groups excluding tert-OH is 1. The van der Waals surface area contributed by atoms with Crippen molar-refractivity contribution in [3.05, 3.63) is 28.8 Å². The van der Waals surface area contributed by atoms with Crippen LogP contribution in [0.3, 0.4) is 0 Å². The van der Waals surface area contributed by atoms with Crippen LogP contribution >= 0.6 is 11.6 Å². The third kappa shape index (κ3) is 2.70. The fraction of sp³-hybridized carbons (Fsp3) is 0.364. The highest BCUT2D eigenvalue weighted by Crippen LogP contribution is 2.28. The van der Waals surface area contributed by atoms with Gasteiger partial charge in [0.1, 0.15) is 11.9 Å². The lowest BCUT2D eigenvalue weighted by molar-refractivity contribution is -0.127. The molecule has 0 aliphatic rings. The minimum Gasteiger partial charge on any atom is -0.495 e. The molecule has 1 unspecified atom stereocenters. The summed E-state index contributed by atoms with van der Waals surface area (Å²) in [5.41, 5.74) is 0.493. The first-order valence-electron chi connectivity index (χ1n) is 4.64. The van der Waals surface area contributed by atoms with E-state index in [-0.39, 0.29) is 5.78 Å². The average molecular weight is 229 g/mol. The van der Waals surface area contributed by atoms with E-state index >= 15 is 0 Å². The van der Waals surface area contributed by atoms with Gasteiger partial charge >= 0.3 is 0 Å². The summed E-state index contributed by atoms with van der Waals surface area (Å²) in [5.74, 6) is 0.299. The molecule has 0 saturated heterocycles. The Bertz CT molecular complexity index is 363. The van der Waals surface area contributed by atoms with Crippen LogP contribution in [-0.2, 0) is 4.79 Å². The van der Waals surface area contributed by atoms with E-state index < -0.39 is 6.10 Å². The van der Waals surface area contributed by atoms with Gasteiger partial charge in [-0.3, -0.25) is 4.79 Å². The quantitative estimate of drug-likeness (QED) is 0.861. The van der Waals surface area contributed by atoms with Gasteiger partial charge in [0.15, 0.2) is 5.78 Å². The Morgan fingerprint density at radius 2 is 2.27 bits per heavy atom. The van der Waals surface area contributed by atoms with Gasteiger partial charge in [-0.1, -0.05) is 24.6 Å². The van der Waals surface area contributed by atoms with Crippen molar-refractivity contribution in [2.24, 2.45) is 0 Å². The second-order valence-electron chi connectivity index (χ2n) is 3.12. The number of carbonyl (C=O) groups excluding carboxylic acids is 1. The molecule has 0 fully saturated rings. The van der Waals surface area contributed by atoms with E-state index in [2.05, 4.69) is 0 Å². The molecule has 0 amide bonds. The molecule has 4 heteroatoms. The van der Waals surface area contributed by atoms with E-state index in [1.54, 1.807) is 25.1 Å². The van der Waals surface area contributed by atoms with Gasteiger partial charge in [-0.05, 0) is 17.7 Å². The van der Waals surface area contributed by atoms with Crippen molar-refractivity contribution >= 4 is 17.4 Å². The molecule has 3 nitrogen and oxygen atoms in total. The molecule has 82 valence electrons. The second kappa shape index (κ2) is 5.14. The number of aliphatic hydroxyl groups is 1. The van der Waals surface area contributed by atoms with E-state index in [4.69, 9.17) is 16.3 Å². The Kier molecular flexibility index (Phi) is 4.12. The van der Waals surface area contributed by atoms with E-state index in [0.717, 1.165) is 0 Å². The molecule has 1 N–H and O–H groups in total. The first-order chi connectivity index (χ1) is 7.10. The Hall–Kier alpha value is -1.06. The SMILES string of the molecule is CCC(=O)C(O)c1ccc(OC)c(Cl)c1. The molecule has 1 rings (SSSR count). The Morgan fingerprint density at radius 1 is 1.60 bits per heavy atom. The summed E-state index contributed by atoms with van der Waals surface area (Å²) < 4.78 is 4.97. The second-order valence-corrected chi connectivity index (χ2v) is 3.52. The van der Waals surface area contributed by atoms with Crippen molar-refractivity contribution in [3.63, 3.8) is 0 Å². The van der Waals surface area contributed by atoms with E-state index in [1.165, 1.54) is 7.11 Å². The smallest absolute Gasteiger partial charge is 0.165 e. The zero-order chi connectivity index (χ0) is 11.4. The zero-order valence-electron chi connectivity index (χ0n) is 8.66. The number of methoxy groups -OCH3 is 1. The minimum absolute atomic E-state index is 0.226. The van der Waals surface area contributed by atoms with Gasteiger partial charge in [-0.25, -0.2) is 0 Å². The fourth-order valence-electron chi connectivity index (χ4n) is 1.23. The number of carbonyl (C=O) groups is 1. The summed E-state index contributed by atoms with van der Waals surface area (Å²) >= 11 is 5.87. The van der Waals surface area contributed by atoms with Crippen LogP contribution in [0.15, 0.2) is 18.2 Å². The minimum atomic E-state index is -1.10. The van der Waals surface area contributed by atoms with Crippen LogP contribution in [0.4, 0.5) is 0 Å². The number of hydrogen-bond donors (Lipinski definition) is 1. The molecule has 0 aliphatic heterocycles. The van der Waals surface area contributed by atoms with Crippen LogP contribution in [0.2, 0.25) is 5.02 Å². The lowest BCUT2D eigenvalue weighted by Crippen LogP contribution is -2.10. The van der Waals surface area contributed by atoms with E-state index in [0.29, 0.717) is 22.8 Å². The molecule has 0 spiro atoms. The molecule has 0 radical (unpaired) electrons. The van der Waals surface area contributed by atoms with Gasteiger partial charge in [-0.15, -0.1) is 0 Å². The normalized spacial score (nSPS) is 12.3. The van der Waals surface area contributed by atoms with Crippen molar-refractivity contribution in [1.29, 1.82) is 0 Å². The molecule has 0 bridgehead atoms. The topological polar surface area (TPSA) is 46.5 Å². The number of ether oxygens (including phenoxy) is 1. The summed E-state index contributed by atoms with van der Waals surface area (Å²) in [7, 11) is 1.51. The van der Waals surface area contributed by atoms with Crippen LogP contribution in [0.1, 0.15) is 25.0 Å². The van der Waals surface area contributed by atoms with Gasteiger partial charge in [0, 0.05) is 6.42 Å². The highest BCUT2D eigenvalue weighted by atomic mass is 35.5. The van der Waals surface area contributed by atoms with Crippen LogP contribution in [-0.4, -0.2) is 18.0 Å². The number of hydrogen-bond acceptors (Lipinski definition) is 3. The number of rotatable bonds is 4. The van der Waals surface area contributed by atoms with Crippen LogP contribution in [0.25, 0.3) is 0 Å². The highest BCUT2D eigenvalue weighted by molar-refractivity contribution is 6.32. The first-order valence-corrected chi connectivity index (χ1v) is 5.02. The molecule has 1 aromatic carbocycles. The number of halogens is 1. The summed E-state index contributed by atoms with van der Waals surface area (Å²) in [4.78, 5) is 11.3. The van der Waals surface area contributed by atoms with E-state index in [9.17, 15) is 9.90 Å². The Balaban J connectivity index is 2.97. The summed E-state index contributed by atoms with van der Waals surface area (Å²) in [6.45, 7) is 1.71. The van der Waals surface area contributed by atoms with Gasteiger partial charge in [0.2, 0.25) is 0 Å². The molecule has 0 heterocycles. The third-order valence-electron chi connectivity index (χ3n) is 2.15. The average Bonchev–Trinajstić information content (AvgIpc) is 2.26. The maximum Gasteiger partial charge on any atom is 0.165 e. The maximum atomic E-state index is 11.3. The van der Waals surface area contributed by atoms with Crippen LogP contribution < -0.4 is 4.74 Å². The predicted octanol–water partition coefficient (Wildman–Crippen LogP) is 2.36. The van der Waals surface area contributed by atoms with Crippen molar-refractivity contribution in [3.8, 4) is 5.75 Å². The van der Waals surface area contributed by atoms with Crippen molar-refractivity contribution < 1.29 is 14.6 Å². The van der Waals surface area contributed by atoms with Crippen LogP contribution in [0, 0.1) is 0 Å². The van der Waals surface area contributed by atoms with Gasteiger partial charge < -0.3 is 9.84 Å². The van der Waals surface area contributed by atoms with Crippen molar-refractivity contribution in [2.45, 2.75) is 19.4 Å². The van der Waals surface area contributed by atoms with Crippen molar-refractivity contribution in [1.82, 2.24) is 0 Å². The molecule has 15 heavy (non-hydrogen) atoms. The summed E-state index contributed by atoms with van der Waals surface area (Å²) in [6, 6.07) is 4.80. The third-order valence-corrected chi connectivity index (χ3v) is 2.44. The monoisotopic (exact) mass is 228 g/mol. The molecule has 1 atom stereocenters. The standard InChI is InChI=1S/C11H13ClO3/c1-3-9(13)11(14)7-4-5-10(15-2)8(12)6-7/h4-6,11,14H,3H2,1-2H3. The zero-order valence-corrected chi connectivity index (χ0v) is 9.41. The highest BCUT2D eigenvalue weighted by Gasteiger charge is 2.16. The molecular formula is C11H13ClO3. The Labute approximate surface area is 93.6 Å². The number of Topliss-reactive ketones (excluding diaryl/α,β-unsaturated/α-hetero) is 1. The van der Waals surface area contributed by atoms with Gasteiger partial charge in [0.05, 0.1) is 12.1 Å². The lowest BCUT2D eigenvalue weighted by atomic mass is 10.0. The summed E-state index contributed by atoms with van der Waals surface area (Å²) in [5, 5.41) is 10.0. The lowest BCUT2D eigenvalue weighted by Gasteiger charge is -2.10. The van der Waals surface area contributed by atoms with Crippen LogP contribution in [0.5, 0.6) is 5.75 Å². The number of benzene rings is 1. The Morgan fingerprint density at radius 3 is 2.73 bits per heavy atom. The molecule has 0 aliphatic carbocycles. The van der Waals surface area contributed by atoms with Gasteiger partial charge in [-0.2, -0.15) is 0 Å². The maximum absolute atomic E-state index is 11.3. The predicted molar refractivity (Wildman–Crippen MR) is 58.3 cm³/mol. The fourth-order valence-corrected chi connectivity index (χ4v) is 1.50. The summed E-state index contributed by atoms with van der Waals surface area (Å²) in [6.07, 6.45) is -0.802. The number of ketones is 1. The van der Waals surface area contributed by atoms with Crippen molar-refractivity contribution in [2.75, 3.05) is 7.11 Å². The molecule has 1 aromatic rings. The molecule has 0 saturated carbocycles. The van der Waals surface area contributed by atoms with E-state index in [1.807, 2.05) is 0 Å². The molecule has 0 aromatic heterocycles. The largest absolute Gasteiger partial charge is 0.495 e. The molecular weight excluding hydrogens is 216 g/mol. The first kappa shape index (κ1) is 12.0. The van der Waals surface area contributed by atoms with Gasteiger partial charge in [0.25, 0.3) is 0 Å².